The summed E-state index contributed by atoms with van der Waals surface area (Å²) in [5.74, 6) is 0. The lowest BCUT2D eigenvalue weighted by molar-refractivity contribution is 1.93. The Balaban J connectivity index is 2.55. The Morgan fingerprint density at radius 3 is 2.25 bits per heavy atom. The summed E-state index contributed by atoms with van der Waals surface area (Å²) >= 11 is 0. The maximum atomic E-state index is 4.98. The number of halogens is 1. The van der Waals surface area contributed by atoms with Gasteiger partial charge < -0.3 is 5.73 Å². The zero-order valence-electron chi connectivity index (χ0n) is 1.98. The molecule has 0 amide bonds. The van der Waals surface area contributed by atoms with Crippen LogP contribution in [0.2, 0.25) is 0 Å². The highest BCUT2D eigenvalue weighted by Gasteiger charge is 1.33. The molecule has 0 radical (unpaired) electrons. The first-order valence-electron chi connectivity index (χ1n) is 0.761. The summed E-state index contributed by atoms with van der Waals surface area (Å²) < 4.78 is 0. The summed E-state index contributed by atoms with van der Waals surface area (Å²) in [5, 5.41) is 0. The lowest BCUT2D eigenvalue weighted by Gasteiger charge is -1.51. The molecule has 1 nitrogen and oxygen atoms in total. The van der Waals surface area contributed by atoms with Crippen molar-refractivity contribution in [1.29, 1.82) is 0 Å². The first kappa shape index (κ1) is 4.47. The lowest BCUT2D eigenvalue weighted by atomic mass is 11.6. The molecule has 0 aromatic carbocycles. The van der Waals surface area contributed by atoms with Crippen molar-refractivity contribution in [2.24, 2.45) is 5.73 Å². The molecule has 0 aliphatic heterocycles. The summed E-state index contributed by atoms with van der Waals surface area (Å²) in [6.45, 7) is 0. The molecule has 0 rings (SSSR count). The van der Waals surface area contributed by atoms with Gasteiger partial charge in [-0.25, -0.2) is 0 Å². The molecule has 0 saturated heterocycles. The van der Waals surface area contributed by atoms with Crippen LogP contribution in [0, 0.1) is 0 Å². The zero-order chi connectivity index (χ0) is 3.41. The van der Waals surface area contributed by atoms with Gasteiger partial charge in [0.1, 0.15) is 0 Å². The van der Waals surface area contributed by atoms with Crippen molar-refractivity contribution >= 4 is 26.7 Å². The van der Waals surface area contributed by atoms with E-state index >= 15 is 0 Å². The predicted octanol–water partition coefficient (Wildman–Crippen LogP) is 0.324. The highest BCUT2D eigenvalue weighted by Crippen LogP contribution is 1.82. The average Bonchev–Trinajstić information content (AvgIpc) is 1.37. The second kappa shape index (κ2) is 3.47. The fourth-order valence-electron chi connectivity index (χ4n) is 0. The van der Waals surface area contributed by atoms with Crippen molar-refractivity contribution in [3.05, 3.63) is 0 Å². The Bertz CT molecular complexity index is 23.2. The minimum atomic E-state index is 0.623. The monoisotopic (exact) mass is 97.0 g/mol. The molecule has 0 heterocycles. The molecule has 0 aromatic rings. The van der Waals surface area contributed by atoms with Crippen molar-refractivity contribution in [2.75, 3.05) is 0 Å². The van der Waals surface area contributed by atoms with Gasteiger partial charge in [0.05, 0.1) is 0 Å². The molecule has 2 N–H and O–H groups in total. The molecule has 0 atom stereocenters. The van der Waals surface area contributed by atoms with Crippen LogP contribution in [0.15, 0.2) is 0 Å². The van der Waals surface area contributed by atoms with Crippen LogP contribution in [-0.4, -0.2) is 5.49 Å². The van der Waals surface area contributed by atoms with E-state index < -0.39 is 0 Å². The molecule has 0 unspecified atom stereocenters. The smallest absolute Gasteiger partial charge is 0.0101 e. The van der Waals surface area contributed by atoms with Gasteiger partial charge >= 0.3 is 0 Å². The van der Waals surface area contributed by atoms with Crippen LogP contribution in [0.4, 0.5) is 0 Å². The summed E-state index contributed by atoms with van der Waals surface area (Å²) in [7, 11) is 5.60. The van der Waals surface area contributed by atoms with E-state index in [-0.39, 0.29) is 0 Å². The SMILES string of the molecule is NC=[SH]Cl. The average molecular weight is 97.6 g/mol. The lowest BCUT2D eigenvalue weighted by Crippen LogP contribution is -1.80. The van der Waals surface area contributed by atoms with E-state index in [0.717, 1.165) is 0 Å². The van der Waals surface area contributed by atoms with Crippen LogP contribution in [0.5, 0.6) is 0 Å². The maximum absolute atomic E-state index is 4.98. The van der Waals surface area contributed by atoms with Crippen LogP contribution in [0.3, 0.4) is 0 Å². The fourth-order valence-corrected chi connectivity index (χ4v) is 0. The van der Waals surface area contributed by atoms with Crippen LogP contribution in [0.25, 0.3) is 0 Å². The van der Waals surface area contributed by atoms with Crippen molar-refractivity contribution in [1.82, 2.24) is 0 Å². The van der Waals surface area contributed by atoms with Gasteiger partial charge in [0.2, 0.25) is 0 Å². The molecule has 3 heteroatoms. The topological polar surface area (TPSA) is 26.0 Å². The largest absolute Gasteiger partial charge is 0.303 e. The van der Waals surface area contributed by atoms with E-state index in [1.54, 1.807) is 0 Å². The van der Waals surface area contributed by atoms with Crippen molar-refractivity contribution in [3.8, 4) is 0 Å². The second-order valence-electron chi connectivity index (χ2n) is 0.247. The highest BCUT2D eigenvalue weighted by atomic mass is 35.7. The predicted molar refractivity (Wildman–Crippen MR) is 25.1 cm³/mol. The number of hydrogen-bond acceptors (Lipinski definition) is 0. The minimum Gasteiger partial charge on any atom is -0.303 e. The van der Waals surface area contributed by atoms with Gasteiger partial charge in [-0.2, -0.15) is 0 Å². The minimum absolute atomic E-state index is 0.623. The number of nitrogens with two attached hydrogens (primary N) is 1. The molecule has 4 heavy (non-hydrogen) atoms. The first-order chi connectivity index (χ1) is 1.91. The molecule has 0 aliphatic rings. The third kappa shape index (κ3) is 2.47. The fraction of sp³-hybridized carbons (Fsp3) is 0. The van der Waals surface area contributed by atoms with Gasteiger partial charge in [-0.15, -0.1) is 0 Å². The Labute approximate surface area is 33.2 Å². The standard InChI is InChI=1S/CH4ClNS/c2-4-1-3/h1,4H,3H2. The van der Waals surface area contributed by atoms with E-state index in [1.807, 2.05) is 0 Å². The zero-order valence-corrected chi connectivity index (χ0v) is 3.63. The quantitative estimate of drug-likeness (QED) is 0.331. The van der Waals surface area contributed by atoms with Crippen LogP contribution >= 0.6 is 21.2 Å². The Kier molecular flexibility index (Phi) is 3.88. The van der Waals surface area contributed by atoms with Gasteiger partial charge in [0, 0.05) is 5.49 Å². The third-order valence-corrected chi connectivity index (χ3v) is 0.507. The van der Waals surface area contributed by atoms with E-state index in [9.17, 15) is 0 Å². The molecular weight excluding hydrogens is 93.5 g/mol. The highest BCUT2D eigenvalue weighted by molar-refractivity contribution is 8.19. The molecule has 0 aliphatic carbocycles. The Morgan fingerprint density at radius 2 is 2.25 bits per heavy atom. The van der Waals surface area contributed by atoms with E-state index in [1.165, 1.54) is 5.49 Å². The molecule has 0 aromatic heterocycles. The van der Waals surface area contributed by atoms with Crippen molar-refractivity contribution < 1.29 is 0 Å². The van der Waals surface area contributed by atoms with E-state index in [0.29, 0.717) is 10.6 Å². The van der Waals surface area contributed by atoms with E-state index in [4.69, 9.17) is 16.4 Å². The van der Waals surface area contributed by atoms with Crippen molar-refractivity contribution in [2.45, 2.75) is 0 Å². The molecule has 0 saturated carbocycles. The van der Waals surface area contributed by atoms with Crippen LogP contribution < -0.4 is 5.73 Å². The Morgan fingerprint density at radius 1 is 2.00 bits per heavy atom. The molecule has 0 spiro atoms. The molecule has 26 valence electrons. The van der Waals surface area contributed by atoms with Gasteiger partial charge in [0.25, 0.3) is 0 Å². The third-order valence-electron chi connectivity index (χ3n) is 0.0563. The van der Waals surface area contributed by atoms with Crippen molar-refractivity contribution in [3.63, 3.8) is 0 Å². The normalized spacial score (nSPS) is 11.5. The van der Waals surface area contributed by atoms with Gasteiger partial charge in [-0.05, 0) is 0 Å². The molecule has 0 bridgehead atoms. The first-order valence-corrected chi connectivity index (χ1v) is 2.63. The van der Waals surface area contributed by atoms with E-state index in [2.05, 4.69) is 0 Å². The maximum Gasteiger partial charge on any atom is 0.0101 e. The molecule has 0 fully saturated rings. The number of hydrogen-bond donors (Lipinski definition) is 2. The van der Waals surface area contributed by atoms with Crippen LogP contribution in [-0.2, 0) is 0 Å². The van der Waals surface area contributed by atoms with Crippen LogP contribution in [0.1, 0.15) is 0 Å². The van der Waals surface area contributed by atoms with Gasteiger partial charge in [0.15, 0.2) is 0 Å². The summed E-state index contributed by atoms with van der Waals surface area (Å²) in [5.41, 5.74) is 6.12. The number of thiol groups is 1. The van der Waals surface area contributed by atoms with Gasteiger partial charge in [-0.1, -0.05) is 21.2 Å². The summed E-state index contributed by atoms with van der Waals surface area (Å²) in [6.07, 6.45) is 0. The number of rotatable bonds is 0. The summed E-state index contributed by atoms with van der Waals surface area (Å²) in [4.78, 5) is 0. The van der Waals surface area contributed by atoms with Gasteiger partial charge in [-0.3, -0.25) is 0 Å². The summed E-state index contributed by atoms with van der Waals surface area (Å²) in [6, 6.07) is 0. The Hall–Kier alpha value is 0.470. The second-order valence-corrected chi connectivity index (χ2v) is 1.33. The molecular formula is CH4ClNS.